The number of nitrogens with one attached hydrogen (secondary N) is 1. The van der Waals surface area contributed by atoms with Crippen LogP contribution in [0.3, 0.4) is 0 Å². The van der Waals surface area contributed by atoms with Crippen LogP contribution in [0.5, 0.6) is 0 Å². The van der Waals surface area contributed by atoms with Crippen LogP contribution in [0, 0.1) is 13.8 Å². The third-order valence-electron chi connectivity index (χ3n) is 3.77. The van der Waals surface area contributed by atoms with Crippen molar-refractivity contribution >= 4 is 33.3 Å². The van der Waals surface area contributed by atoms with Crippen LogP contribution in [-0.2, 0) is 4.79 Å². The molecule has 0 unspecified atom stereocenters. The molecule has 0 fully saturated rings. The highest BCUT2D eigenvalue weighted by atomic mass is 32.1. The number of anilines is 1. The summed E-state index contributed by atoms with van der Waals surface area (Å²) < 4.78 is 0. The molecule has 0 aliphatic rings. The Morgan fingerprint density at radius 3 is 2.67 bits per heavy atom. The van der Waals surface area contributed by atoms with Crippen molar-refractivity contribution in [3.63, 3.8) is 0 Å². The maximum atomic E-state index is 10.7. The molecule has 2 heterocycles. The van der Waals surface area contributed by atoms with Gasteiger partial charge in [0, 0.05) is 23.9 Å². The van der Waals surface area contributed by atoms with Crippen LogP contribution in [0.2, 0.25) is 0 Å². The maximum absolute atomic E-state index is 10.7. The Morgan fingerprint density at radius 2 is 1.96 bits per heavy atom. The summed E-state index contributed by atoms with van der Waals surface area (Å²) in [6, 6.07) is 8.39. The second-order valence-corrected chi connectivity index (χ2v) is 6.60. The summed E-state index contributed by atoms with van der Waals surface area (Å²) in [5.74, 6) is 0.706. The van der Waals surface area contributed by atoms with Gasteiger partial charge < -0.3 is 10.4 Å². The van der Waals surface area contributed by atoms with Gasteiger partial charge in [0.2, 0.25) is 0 Å². The number of thiophene rings is 1. The van der Waals surface area contributed by atoms with Crippen molar-refractivity contribution in [3.05, 3.63) is 41.0 Å². The van der Waals surface area contributed by atoms with E-state index in [1.54, 1.807) is 11.3 Å². The number of fused-ring (bicyclic) bond motifs is 1. The molecular weight excluding hydrogens is 322 g/mol. The molecule has 0 atom stereocenters. The highest BCUT2D eigenvalue weighted by Gasteiger charge is 2.14. The molecule has 3 aromatic rings. The van der Waals surface area contributed by atoms with Gasteiger partial charge in [-0.25, -0.2) is 9.97 Å². The number of carbonyl (C=O) groups is 1. The molecule has 2 N–H and O–H groups in total. The molecule has 1 aromatic carbocycles. The largest absolute Gasteiger partial charge is 0.481 e. The summed E-state index contributed by atoms with van der Waals surface area (Å²) in [5.41, 5.74) is 3.46. The number of aromatic nitrogens is 2. The monoisotopic (exact) mass is 341 g/mol. The SMILES string of the molecule is Cc1ccc(-c2csc3nc(C)nc(NCCCC(=O)O)c23)cc1. The number of aryl methyl sites for hydroxylation is 2. The lowest BCUT2D eigenvalue weighted by atomic mass is 10.0. The number of benzene rings is 1. The Kier molecular flexibility index (Phi) is 4.76. The van der Waals surface area contributed by atoms with E-state index in [4.69, 9.17) is 5.11 Å². The fourth-order valence-corrected chi connectivity index (χ4v) is 3.56. The molecule has 0 bridgehead atoms. The molecule has 5 nitrogen and oxygen atoms in total. The predicted molar refractivity (Wildman–Crippen MR) is 97.7 cm³/mol. The summed E-state index contributed by atoms with van der Waals surface area (Å²) in [5, 5.41) is 15.1. The van der Waals surface area contributed by atoms with Crippen LogP contribution < -0.4 is 5.32 Å². The number of carboxylic acid groups (broad SMARTS) is 1. The molecule has 0 amide bonds. The minimum absolute atomic E-state index is 0.147. The van der Waals surface area contributed by atoms with Gasteiger partial charge in [-0.05, 0) is 25.8 Å². The van der Waals surface area contributed by atoms with E-state index in [0.29, 0.717) is 18.8 Å². The van der Waals surface area contributed by atoms with E-state index >= 15 is 0 Å². The lowest BCUT2D eigenvalue weighted by molar-refractivity contribution is -0.137. The molecule has 0 aliphatic carbocycles. The van der Waals surface area contributed by atoms with Crippen molar-refractivity contribution in [1.82, 2.24) is 9.97 Å². The van der Waals surface area contributed by atoms with Crippen LogP contribution in [0.15, 0.2) is 29.6 Å². The average molecular weight is 341 g/mol. The summed E-state index contributed by atoms with van der Waals surface area (Å²) in [6.45, 7) is 4.51. The summed E-state index contributed by atoms with van der Waals surface area (Å²) >= 11 is 1.60. The van der Waals surface area contributed by atoms with Gasteiger partial charge in [-0.15, -0.1) is 11.3 Å². The van der Waals surface area contributed by atoms with Crippen LogP contribution >= 0.6 is 11.3 Å². The molecule has 0 aliphatic heterocycles. The number of hydrogen-bond donors (Lipinski definition) is 2. The quantitative estimate of drug-likeness (QED) is 0.656. The van der Waals surface area contributed by atoms with Crippen LogP contribution in [0.1, 0.15) is 24.2 Å². The maximum Gasteiger partial charge on any atom is 0.303 e. The number of nitrogens with zero attached hydrogens (tertiary/aromatic N) is 2. The number of aliphatic carboxylic acids is 1. The van der Waals surface area contributed by atoms with Crippen molar-refractivity contribution in [2.24, 2.45) is 0 Å². The Bertz CT molecular complexity index is 872. The highest BCUT2D eigenvalue weighted by molar-refractivity contribution is 7.17. The lowest BCUT2D eigenvalue weighted by Crippen LogP contribution is -2.07. The second-order valence-electron chi connectivity index (χ2n) is 5.74. The molecule has 0 saturated heterocycles. The van der Waals surface area contributed by atoms with Gasteiger partial charge in [0.1, 0.15) is 16.5 Å². The fraction of sp³-hybridized carbons (Fsp3) is 0.278. The standard InChI is InChI=1S/C18H19N3O2S/c1-11-5-7-13(8-6-11)14-10-24-18-16(14)17(20-12(2)21-18)19-9-3-4-15(22)23/h5-8,10H,3-4,9H2,1-2H3,(H,22,23)(H,19,20,21). The Hall–Kier alpha value is -2.47. The van der Waals surface area contributed by atoms with E-state index in [0.717, 1.165) is 27.2 Å². The van der Waals surface area contributed by atoms with Gasteiger partial charge in [0.05, 0.1) is 5.39 Å². The number of rotatable bonds is 6. The van der Waals surface area contributed by atoms with E-state index in [2.05, 4.69) is 51.9 Å². The Balaban J connectivity index is 1.96. The molecule has 0 radical (unpaired) electrons. The molecule has 2 aromatic heterocycles. The molecule has 124 valence electrons. The normalized spacial score (nSPS) is 10.9. The van der Waals surface area contributed by atoms with Gasteiger partial charge in [-0.1, -0.05) is 29.8 Å². The van der Waals surface area contributed by atoms with Crippen molar-refractivity contribution in [2.75, 3.05) is 11.9 Å². The molecular formula is C18H19N3O2S. The second kappa shape index (κ2) is 6.97. The van der Waals surface area contributed by atoms with Crippen molar-refractivity contribution in [1.29, 1.82) is 0 Å². The summed E-state index contributed by atoms with van der Waals surface area (Å²) in [4.78, 5) is 20.7. The van der Waals surface area contributed by atoms with Gasteiger partial charge in [-0.2, -0.15) is 0 Å². The van der Waals surface area contributed by atoms with Crippen molar-refractivity contribution in [2.45, 2.75) is 26.7 Å². The van der Waals surface area contributed by atoms with Crippen LogP contribution in [0.4, 0.5) is 5.82 Å². The first kappa shape index (κ1) is 16.4. The zero-order valence-electron chi connectivity index (χ0n) is 13.7. The van der Waals surface area contributed by atoms with E-state index < -0.39 is 5.97 Å². The fourth-order valence-electron chi connectivity index (χ4n) is 2.57. The molecule has 24 heavy (non-hydrogen) atoms. The molecule has 3 rings (SSSR count). The van der Waals surface area contributed by atoms with Crippen LogP contribution in [-0.4, -0.2) is 27.6 Å². The van der Waals surface area contributed by atoms with Gasteiger partial charge in [0.25, 0.3) is 0 Å². The minimum Gasteiger partial charge on any atom is -0.481 e. The lowest BCUT2D eigenvalue weighted by Gasteiger charge is -2.09. The van der Waals surface area contributed by atoms with Crippen LogP contribution in [0.25, 0.3) is 21.3 Å². The van der Waals surface area contributed by atoms with E-state index in [1.807, 2.05) is 6.92 Å². The Labute approximate surface area is 144 Å². The zero-order chi connectivity index (χ0) is 17.1. The predicted octanol–water partition coefficient (Wildman–Crippen LogP) is 4.25. The van der Waals surface area contributed by atoms with Crippen molar-refractivity contribution in [3.8, 4) is 11.1 Å². The summed E-state index contributed by atoms with van der Waals surface area (Å²) in [7, 11) is 0. The van der Waals surface area contributed by atoms with Crippen molar-refractivity contribution < 1.29 is 9.90 Å². The smallest absolute Gasteiger partial charge is 0.303 e. The molecule has 0 saturated carbocycles. The number of carboxylic acids is 1. The van der Waals surface area contributed by atoms with Gasteiger partial charge in [-0.3, -0.25) is 4.79 Å². The van der Waals surface area contributed by atoms with E-state index in [-0.39, 0.29) is 6.42 Å². The third-order valence-corrected chi connectivity index (χ3v) is 4.64. The average Bonchev–Trinajstić information content (AvgIpc) is 2.95. The summed E-state index contributed by atoms with van der Waals surface area (Å²) in [6.07, 6.45) is 0.707. The van der Waals surface area contributed by atoms with Gasteiger partial charge in [0.15, 0.2) is 0 Å². The van der Waals surface area contributed by atoms with E-state index in [9.17, 15) is 4.79 Å². The zero-order valence-corrected chi connectivity index (χ0v) is 14.5. The minimum atomic E-state index is -0.781. The highest BCUT2D eigenvalue weighted by Crippen LogP contribution is 2.37. The first-order chi connectivity index (χ1) is 11.5. The number of hydrogen-bond acceptors (Lipinski definition) is 5. The Morgan fingerprint density at radius 1 is 1.21 bits per heavy atom. The third kappa shape index (κ3) is 3.54. The van der Waals surface area contributed by atoms with E-state index in [1.165, 1.54) is 5.56 Å². The molecule has 0 spiro atoms. The first-order valence-corrected chi connectivity index (χ1v) is 8.71. The van der Waals surface area contributed by atoms with Gasteiger partial charge >= 0.3 is 5.97 Å². The topological polar surface area (TPSA) is 75.1 Å². The molecule has 6 heteroatoms. The first-order valence-electron chi connectivity index (χ1n) is 7.83.